The molecule has 0 unspecified atom stereocenters. The summed E-state index contributed by atoms with van der Waals surface area (Å²) >= 11 is 0. The van der Waals surface area contributed by atoms with Crippen LogP contribution < -0.4 is 25.8 Å². The van der Waals surface area contributed by atoms with Crippen molar-refractivity contribution in [3.8, 4) is 11.7 Å². The van der Waals surface area contributed by atoms with E-state index in [2.05, 4.69) is 30.7 Å². The highest BCUT2D eigenvalue weighted by Crippen LogP contribution is 2.31. The Bertz CT molecular complexity index is 1690. The van der Waals surface area contributed by atoms with Crippen LogP contribution >= 0.6 is 0 Å². The smallest absolute Gasteiger partial charge is 0.414 e. The second kappa shape index (κ2) is 12.9. The number of fused-ring (bicyclic) bond motifs is 1. The highest BCUT2D eigenvalue weighted by molar-refractivity contribution is 6.07. The second-order valence-electron chi connectivity index (χ2n) is 9.83. The number of methoxy groups -OCH3 is 2. The predicted molar refractivity (Wildman–Crippen MR) is 155 cm³/mol. The Hall–Kier alpha value is -5.05. The molecule has 1 fully saturated rings. The lowest BCUT2D eigenvalue weighted by Crippen LogP contribution is -2.51. The molecule has 4 aromatic rings. The molecule has 2 amide bonds. The summed E-state index contributed by atoms with van der Waals surface area (Å²) in [5.74, 6) is 0.0626. The molecular weight excluding hydrogens is 560 g/mol. The van der Waals surface area contributed by atoms with Gasteiger partial charge in [0, 0.05) is 32.5 Å². The maximum Gasteiger partial charge on any atom is 0.414 e. The molecular formula is C28H32N8O7. The van der Waals surface area contributed by atoms with E-state index in [4.69, 9.17) is 18.7 Å². The van der Waals surface area contributed by atoms with Crippen molar-refractivity contribution in [2.24, 2.45) is 0 Å². The van der Waals surface area contributed by atoms with E-state index in [1.54, 1.807) is 25.4 Å². The Balaban J connectivity index is 1.53. The third-order valence-electron chi connectivity index (χ3n) is 7.10. The Morgan fingerprint density at radius 3 is 2.74 bits per heavy atom. The van der Waals surface area contributed by atoms with E-state index in [0.717, 1.165) is 19.3 Å². The highest BCUT2D eigenvalue weighted by atomic mass is 16.6. The average Bonchev–Trinajstić information content (AvgIpc) is 3.44. The van der Waals surface area contributed by atoms with E-state index in [0.29, 0.717) is 12.2 Å². The first-order valence-electron chi connectivity index (χ1n) is 13.7. The summed E-state index contributed by atoms with van der Waals surface area (Å²) in [4.78, 5) is 53.5. The molecule has 0 saturated heterocycles. The van der Waals surface area contributed by atoms with Crippen molar-refractivity contribution in [2.45, 2.75) is 44.8 Å². The van der Waals surface area contributed by atoms with Crippen molar-refractivity contribution >= 4 is 40.2 Å². The molecule has 0 radical (unpaired) electrons. The van der Waals surface area contributed by atoms with Gasteiger partial charge in [0.05, 0.1) is 31.5 Å². The summed E-state index contributed by atoms with van der Waals surface area (Å²) in [6.45, 7) is 2.23. The van der Waals surface area contributed by atoms with Gasteiger partial charge in [0.2, 0.25) is 11.6 Å². The zero-order valence-electron chi connectivity index (χ0n) is 24.2. The molecule has 15 heteroatoms. The quantitative estimate of drug-likeness (QED) is 0.244. The number of pyridine rings is 2. The van der Waals surface area contributed by atoms with Gasteiger partial charge >= 0.3 is 6.09 Å². The molecule has 2 N–H and O–H groups in total. The fourth-order valence-corrected chi connectivity index (χ4v) is 4.51. The summed E-state index contributed by atoms with van der Waals surface area (Å²) in [5.41, 5.74) is 0.215. The number of rotatable bonds is 11. The molecule has 2 atom stereocenters. The molecule has 4 heterocycles. The third kappa shape index (κ3) is 6.11. The lowest BCUT2D eigenvalue weighted by Gasteiger charge is -2.35. The van der Waals surface area contributed by atoms with Crippen LogP contribution in [0.3, 0.4) is 0 Å². The maximum absolute atomic E-state index is 13.4. The van der Waals surface area contributed by atoms with Gasteiger partial charge in [-0.3, -0.25) is 19.1 Å². The van der Waals surface area contributed by atoms with Gasteiger partial charge in [0.15, 0.2) is 5.52 Å². The number of ether oxygens (including phenoxy) is 3. The first kappa shape index (κ1) is 29.4. The van der Waals surface area contributed by atoms with Crippen LogP contribution in [0.2, 0.25) is 0 Å². The number of amides is 2. The number of nitrogens with zero attached hydrogens (tertiary/aromatic N) is 6. The van der Waals surface area contributed by atoms with Crippen molar-refractivity contribution in [1.29, 1.82) is 0 Å². The first-order valence-corrected chi connectivity index (χ1v) is 13.7. The van der Waals surface area contributed by atoms with E-state index < -0.39 is 17.6 Å². The Morgan fingerprint density at radius 1 is 1.19 bits per heavy atom. The maximum atomic E-state index is 13.4. The molecule has 5 rings (SSSR count). The Morgan fingerprint density at radius 2 is 2.02 bits per heavy atom. The van der Waals surface area contributed by atoms with Crippen LogP contribution in [-0.4, -0.2) is 76.7 Å². The third-order valence-corrected chi connectivity index (χ3v) is 7.10. The van der Waals surface area contributed by atoms with Gasteiger partial charge < -0.3 is 29.4 Å². The van der Waals surface area contributed by atoms with Crippen LogP contribution in [0.5, 0.6) is 5.88 Å². The molecule has 15 nitrogen and oxygen atoms in total. The topological polar surface area (TPSA) is 176 Å². The second-order valence-corrected chi connectivity index (χ2v) is 9.83. The summed E-state index contributed by atoms with van der Waals surface area (Å²) in [6.07, 6.45) is 5.25. The number of anilines is 3. The number of hydrogen-bond donors (Lipinski definition) is 2. The van der Waals surface area contributed by atoms with Crippen LogP contribution in [0.1, 0.15) is 43.2 Å². The van der Waals surface area contributed by atoms with Gasteiger partial charge in [-0.15, -0.1) is 0 Å². The van der Waals surface area contributed by atoms with Crippen LogP contribution in [0, 0.1) is 0 Å². The zero-order chi connectivity index (χ0) is 30.5. The standard InChI is InChI=1S/C28H32N8O7/c1-5-6-12-42-28(39)35(2)18-13-20(31-17-8-7-11-36(27(17)38)21-14-22(41-4)30-15-29-21)33-24-23(18)34-43-25(24)26(37)32-16-9-10-19(16)40-3/h7-8,11,13-16,19H,5-6,9-10,12H2,1-4H3,(H,31,33)(H,32,37)/t16-,19-/m1/s1. The summed E-state index contributed by atoms with van der Waals surface area (Å²) in [6, 6.07) is 6.07. The highest BCUT2D eigenvalue weighted by Gasteiger charge is 2.34. The van der Waals surface area contributed by atoms with E-state index in [1.807, 2.05) is 6.92 Å². The van der Waals surface area contributed by atoms with Gasteiger partial charge in [-0.1, -0.05) is 18.5 Å². The van der Waals surface area contributed by atoms with Crippen LogP contribution in [0.25, 0.3) is 16.9 Å². The zero-order valence-corrected chi connectivity index (χ0v) is 24.2. The molecule has 43 heavy (non-hydrogen) atoms. The van der Waals surface area contributed by atoms with Gasteiger partial charge in [0.1, 0.15) is 29.2 Å². The number of unbranched alkanes of at least 4 members (excludes halogenated alkanes) is 1. The minimum absolute atomic E-state index is 0.0933. The van der Waals surface area contributed by atoms with Crippen molar-refractivity contribution in [2.75, 3.05) is 38.1 Å². The largest absolute Gasteiger partial charge is 0.481 e. The number of carbonyl (C=O) groups is 2. The van der Waals surface area contributed by atoms with Gasteiger partial charge in [-0.05, 0) is 31.4 Å². The average molecular weight is 593 g/mol. The van der Waals surface area contributed by atoms with Crippen molar-refractivity contribution < 1.29 is 28.3 Å². The fourth-order valence-electron chi connectivity index (χ4n) is 4.51. The number of hydrogen-bond acceptors (Lipinski definition) is 12. The lowest BCUT2D eigenvalue weighted by atomic mass is 9.89. The Kier molecular flexibility index (Phi) is 8.80. The normalized spacial score (nSPS) is 15.9. The number of nitrogens with one attached hydrogen (secondary N) is 2. The summed E-state index contributed by atoms with van der Waals surface area (Å²) < 4.78 is 22.7. The monoisotopic (exact) mass is 592 g/mol. The first-order chi connectivity index (χ1) is 20.8. The van der Waals surface area contributed by atoms with Crippen LogP contribution in [0.15, 0.2) is 46.1 Å². The Labute approximate surface area is 246 Å². The minimum Gasteiger partial charge on any atom is -0.481 e. The molecule has 4 aromatic heterocycles. The predicted octanol–water partition coefficient (Wildman–Crippen LogP) is 3.20. The van der Waals surface area contributed by atoms with E-state index in [9.17, 15) is 14.4 Å². The van der Waals surface area contributed by atoms with E-state index >= 15 is 0 Å². The van der Waals surface area contributed by atoms with Gasteiger partial charge in [0.25, 0.3) is 11.5 Å². The molecule has 0 bridgehead atoms. The molecule has 1 saturated carbocycles. The van der Waals surface area contributed by atoms with Crippen molar-refractivity contribution in [1.82, 2.24) is 30.0 Å². The van der Waals surface area contributed by atoms with Crippen LogP contribution in [-0.2, 0) is 9.47 Å². The summed E-state index contributed by atoms with van der Waals surface area (Å²) in [7, 11) is 4.56. The van der Waals surface area contributed by atoms with Crippen molar-refractivity contribution in [3.63, 3.8) is 0 Å². The molecule has 0 aliphatic heterocycles. The summed E-state index contributed by atoms with van der Waals surface area (Å²) in [5, 5.41) is 9.96. The number of carbonyl (C=O) groups excluding carboxylic acids is 2. The van der Waals surface area contributed by atoms with E-state index in [1.165, 1.54) is 42.1 Å². The molecule has 0 spiro atoms. The van der Waals surface area contributed by atoms with Gasteiger partial charge in [-0.2, -0.15) is 0 Å². The van der Waals surface area contributed by atoms with E-state index in [-0.39, 0.29) is 58.6 Å². The van der Waals surface area contributed by atoms with Crippen molar-refractivity contribution in [3.05, 3.63) is 52.9 Å². The minimum atomic E-state index is -0.627. The molecule has 0 aromatic carbocycles. The number of aromatic nitrogens is 5. The molecule has 1 aliphatic carbocycles. The van der Waals surface area contributed by atoms with Crippen LogP contribution in [0.4, 0.5) is 22.0 Å². The SMILES string of the molecule is CCCCOC(=O)N(C)c1cc(Nc2cccn(-c3cc(OC)ncn3)c2=O)nc2c(C(=O)N[C@@H]3CC[C@H]3OC)onc12. The molecule has 1 aliphatic rings. The fraction of sp³-hybridized carbons (Fsp3) is 0.393. The molecule has 226 valence electrons. The lowest BCUT2D eigenvalue weighted by molar-refractivity contribution is 0.00678. The van der Waals surface area contributed by atoms with Gasteiger partial charge in [-0.25, -0.2) is 19.7 Å².